The summed E-state index contributed by atoms with van der Waals surface area (Å²) in [6.45, 7) is 7.86. The van der Waals surface area contributed by atoms with E-state index >= 15 is 0 Å². The third kappa shape index (κ3) is 4.40. The molecule has 26 heavy (non-hydrogen) atoms. The van der Waals surface area contributed by atoms with Crippen molar-refractivity contribution in [2.24, 2.45) is 5.41 Å². The SMILES string of the molecule is CCN(CC)C(=O)N1CC2(CCCCC2)CC1COCc1ccccc1. The van der Waals surface area contributed by atoms with E-state index in [1.54, 1.807) is 0 Å². The fourth-order valence-corrected chi connectivity index (χ4v) is 4.76. The molecule has 1 saturated heterocycles. The van der Waals surface area contributed by atoms with E-state index in [-0.39, 0.29) is 12.1 Å². The van der Waals surface area contributed by atoms with Crippen LogP contribution in [0, 0.1) is 5.41 Å². The molecule has 4 heteroatoms. The van der Waals surface area contributed by atoms with Crippen LogP contribution in [-0.2, 0) is 11.3 Å². The predicted molar refractivity (Wildman–Crippen MR) is 105 cm³/mol. The van der Waals surface area contributed by atoms with Gasteiger partial charge in [0.15, 0.2) is 0 Å². The first kappa shape index (κ1) is 19.2. The monoisotopic (exact) mass is 358 g/mol. The molecule has 1 aliphatic heterocycles. The Hall–Kier alpha value is -1.55. The number of likely N-dealkylation sites (tertiary alicyclic amines) is 1. The molecule has 1 atom stereocenters. The molecule has 1 heterocycles. The van der Waals surface area contributed by atoms with Crippen LogP contribution in [0.1, 0.15) is 57.9 Å². The Kier molecular flexibility index (Phi) is 6.58. The van der Waals surface area contributed by atoms with Crippen LogP contribution in [0.15, 0.2) is 30.3 Å². The molecule has 1 aliphatic carbocycles. The van der Waals surface area contributed by atoms with E-state index in [0.29, 0.717) is 18.6 Å². The molecular formula is C22H34N2O2. The number of amides is 2. The van der Waals surface area contributed by atoms with E-state index in [2.05, 4.69) is 30.9 Å². The lowest BCUT2D eigenvalue weighted by Crippen LogP contribution is -2.47. The molecule has 1 saturated carbocycles. The van der Waals surface area contributed by atoms with Crippen LogP contribution in [0.3, 0.4) is 0 Å². The highest BCUT2D eigenvalue weighted by molar-refractivity contribution is 5.75. The van der Waals surface area contributed by atoms with Gasteiger partial charge in [0.25, 0.3) is 0 Å². The van der Waals surface area contributed by atoms with E-state index in [1.807, 2.05) is 23.1 Å². The number of hydrogen-bond acceptors (Lipinski definition) is 2. The lowest BCUT2D eigenvalue weighted by atomic mass is 9.73. The van der Waals surface area contributed by atoms with Crippen molar-refractivity contribution in [2.45, 2.75) is 65.0 Å². The van der Waals surface area contributed by atoms with Gasteiger partial charge in [-0.15, -0.1) is 0 Å². The van der Waals surface area contributed by atoms with Crippen LogP contribution in [0.2, 0.25) is 0 Å². The zero-order valence-electron chi connectivity index (χ0n) is 16.5. The third-order valence-corrected chi connectivity index (χ3v) is 6.23. The maximum Gasteiger partial charge on any atom is 0.320 e. The Morgan fingerprint density at radius 2 is 1.85 bits per heavy atom. The zero-order chi connectivity index (χ0) is 18.4. The molecule has 4 nitrogen and oxygen atoms in total. The third-order valence-electron chi connectivity index (χ3n) is 6.23. The lowest BCUT2D eigenvalue weighted by Gasteiger charge is -2.34. The van der Waals surface area contributed by atoms with Crippen molar-refractivity contribution in [1.82, 2.24) is 9.80 Å². The second-order valence-corrected chi connectivity index (χ2v) is 8.00. The summed E-state index contributed by atoms with van der Waals surface area (Å²) in [6, 6.07) is 10.7. The van der Waals surface area contributed by atoms with Crippen molar-refractivity contribution in [3.63, 3.8) is 0 Å². The molecule has 0 radical (unpaired) electrons. The van der Waals surface area contributed by atoms with Crippen LogP contribution in [0.25, 0.3) is 0 Å². The van der Waals surface area contributed by atoms with Gasteiger partial charge in [0.2, 0.25) is 0 Å². The number of carbonyl (C=O) groups excluding carboxylic acids is 1. The highest BCUT2D eigenvalue weighted by Gasteiger charge is 2.46. The summed E-state index contributed by atoms with van der Waals surface area (Å²) in [5.74, 6) is 0. The van der Waals surface area contributed by atoms with E-state index in [0.717, 1.165) is 26.1 Å². The molecule has 2 amide bonds. The number of rotatable bonds is 6. The second-order valence-electron chi connectivity index (χ2n) is 8.00. The fraction of sp³-hybridized carbons (Fsp3) is 0.682. The average molecular weight is 359 g/mol. The number of benzene rings is 1. The van der Waals surface area contributed by atoms with Gasteiger partial charge < -0.3 is 14.5 Å². The summed E-state index contributed by atoms with van der Waals surface area (Å²) < 4.78 is 6.05. The van der Waals surface area contributed by atoms with Crippen molar-refractivity contribution < 1.29 is 9.53 Å². The highest BCUT2D eigenvalue weighted by Crippen LogP contribution is 2.46. The van der Waals surface area contributed by atoms with Gasteiger partial charge in [-0.3, -0.25) is 0 Å². The lowest BCUT2D eigenvalue weighted by molar-refractivity contribution is 0.0682. The van der Waals surface area contributed by atoms with Crippen molar-refractivity contribution in [1.29, 1.82) is 0 Å². The quantitative estimate of drug-likeness (QED) is 0.739. The molecule has 144 valence electrons. The smallest absolute Gasteiger partial charge is 0.320 e. The number of ether oxygens (including phenoxy) is 1. The molecule has 0 N–H and O–H groups in total. The highest BCUT2D eigenvalue weighted by atomic mass is 16.5. The summed E-state index contributed by atoms with van der Waals surface area (Å²) in [6.07, 6.45) is 7.61. The summed E-state index contributed by atoms with van der Waals surface area (Å²) in [7, 11) is 0. The molecule has 1 aromatic carbocycles. The summed E-state index contributed by atoms with van der Waals surface area (Å²) >= 11 is 0. The maximum absolute atomic E-state index is 13.1. The number of nitrogens with zero attached hydrogens (tertiary/aromatic N) is 2. The minimum Gasteiger partial charge on any atom is -0.375 e. The van der Waals surface area contributed by atoms with Crippen LogP contribution in [-0.4, -0.2) is 48.1 Å². The molecule has 0 aromatic heterocycles. The van der Waals surface area contributed by atoms with Crippen LogP contribution in [0.5, 0.6) is 0 Å². The Morgan fingerprint density at radius 3 is 2.50 bits per heavy atom. The Labute approximate surface area is 158 Å². The molecule has 1 spiro atoms. The van der Waals surface area contributed by atoms with Gasteiger partial charge in [-0.25, -0.2) is 4.79 Å². The summed E-state index contributed by atoms with van der Waals surface area (Å²) in [5.41, 5.74) is 1.53. The van der Waals surface area contributed by atoms with E-state index in [9.17, 15) is 4.79 Å². The van der Waals surface area contributed by atoms with Gasteiger partial charge in [-0.05, 0) is 44.1 Å². The zero-order valence-corrected chi connectivity index (χ0v) is 16.5. The van der Waals surface area contributed by atoms with Crippen LogP contribution < -0.4 is 0 Å². The van der Waals surface area contributed by atoms with Crippen molar-refractivity contribution in [3.8, 4) is 0 Å². The van der Waals surface area contributed by atoms with Crippen molar-refractivity contribution in [3.05, 3.63) is 35.9 Å². The topological polar surface area (TPSA) is 32.8 Å². The molecule has 2 aliphatic rings. The van der Waals surface area contributed by atoms with Crippen molar-refractivity contribution in [2.75, 3.05) is 26.2 Å². The Balaban J connectivity index is 1.65. The minimum atomic E-state index is 0.200. The normalized spacial score (nSPS) is 21.9. The van der Waals surface area contributed by atoms with E-state index in [4.69, 9.17) is 4.74 Å². The number of hydrogen-bond donors (Lipinski definition) is 0. The van der Waals surface area contributed by atoms with Gasteiger partial charge in [0.05, 0.1) is 19.3 Å². The standard InChI is InChI=1S/C22H34N2O2/c1-3-23(4-2)21(25)24-18-22(13-9-6-10-14-22)15-20(24)17-26-16-19-11-7-5-8-12-19/h5,7-8,11-12,20H,3-4,6,9-10,13-18H2,1-2H3. The number of carbonyl (C=O) groups is 1. The second kappa shape index (κ2) is 8.90. The Bertz CT molecular complexity index is 565. The molecule has 1 unspecified atom stereocenters. The van der Waals surface area contributed by atoms with Gasteiger partial charge >= 0.3 is 6.03 Å². The molecule has 0 bridgehead atoms. The summed E-state index contributed by atoms with van der Waals surface area (Å²) in [5, 5.41) is 0. The largest absolute Gasteiger partial charge is 0.375 e. The fourth-order valence-electron chi connectivity index (χ4n) is 4.76. The first-order valence-corrected chi connectivity index (χ1v) is 10.3. The van der Waals surface area contributed by atoms with Gasteiger partial charge in [-0.2, -0.15) is 0 Å². The van der Waals surface area contributed by atoms with Crippen LogP contribution >= 0.6 is 0 Å². The van der Waals surface area contributed by atoms with E-state index < -0.39 is 0 Å². The molecule has 2 fully saturated rings. The summed E-state index contributed by atoms with van der Waals surface area (Å²) in [4.78, 5) is 17.2. The predicted octanol–water partition coefficient (Wildman–Crippen LogP) is 4.69. The van der Waals surface area contributed by atoms with Crippen LogP contribution in [0.4, 0.5) is 4.79 Å². The number of urea groups is 1. The van der Waals surface area contributed by atoms with Crippen molar-refractivity contribution >= 4 is 6.03 Å². The minimum absolute atomic E-state index is 0.200. The first-order chi connectivity index (χ1) is 12.7. The molecule has 3 rings (SSSR count). The van der Waals surface area contributed by atoms with Gasteiger partial charge in [-0.1, -0.05) is 49.6 Å². The van der Waals surface area contributed by atoms with Gasteiger partial charge in [0, 0.05) is 19.6 Å². The van der Waals surface area contributed by atoms with Gasteiger partial charge in [0.1, 0.15) is 0 Å². The molecule has 1 aromatic rings. The molecular weight excluding hydrogens is 324 g/mol. The average Bonchev–Trinajstić information content (AvgIpc) is 3.02. The Morgan fingerprint density at radius 1 is 1.15 bits per heavy atom. The van der Waals surface area contributed by atoms with E-state index in [1.165, 1.54) is 37.7 Å². The first-order valence-electron chi connectivity index (χ1n) is 10.3. The maximum atomic E-state index is 13.1.